The van der Waals surface area contributed by atoms with E-state index in [-0.39, 0.29) is 75.7 Å². The summed E-state index contributed by atoms with van der Waals surface area (Å²) in [5.41, 5.74) is -0.377. The van der Waals surface area contributed by atoms with Crippen molar-refractivity contribution in [1.82, 2.24) is 0 Å². The fourth-order valence-corrected chi connectivity index (χ4v) is 5.29. The minimum atomic E-state index is -4.81. The van der Waals surface area contributed by atoms with Gasteiger partial charge < -0.3 is 14.0 Å². The van der Waals surface area contributed by atoms with E-state index >= 15 is 0 Å². The van der Waals surface area contributed by atoms with Crippen LogP contribution in [0.3, 0.4) is 0 Å². The Morgan fingerprint density at radius 1 is 0.600 bits per heavy atom. The maximum atomic E-state index is 12.8. The summed E-state index contributed by atoms with van der Waals surface area (Å²) >= 11 is 0. The summed E-state index contributed by atoms with van der Waals surface area (Å²) in [7, 11) is -4.81. The van der Waals surface area contributed by atoms with E-state index in [0.717, 1.165) is 69.6 Å². The number of benzene rings is 1. The minimum Gasteiger partial charge on any atom is -0.744 e. The summed E-state index contributed by atoms with van der Waals surface area (Å²) in [4.78, 5) is 25.0. The van der Waals surface area contributed by atoms with Crippen LogP contribution in [0.15, 0.2) is 47.4 Å². The van der Waals surface area contributed by atoms with Crippen molar-refractivity contribution in [2.75, 3.05) is 13.2 Å². The van der Waals surface area contributed by atoms with Crippen molar-refractivity contribution in [3.05, 3.63) is 53.6 Å². The van der Waals surface area contributed by atoms with Crippen LogP contribution >= 0.6 is 0 Å². The van der Waals surface area contributed by atoms with Gasteiger partial charge in [-0.2, -0.15) is 0 Å². The van der Waals surface area contributed by atoms with Crippen LogP contribution in [0.1, 0.15) is 163 Å². The Labute approximate surface area is 316 Å². The van der Waals surface area contributed by atoms with Crippen molar-refractivity contribution in [3.8, 4) is 0 Å². The van der Waals surface area contributed by atoms with E-state index in [9.17, 15) is 22.6 Å². The molecule has 0 aliphatic heterocycles. The summed E-state index contributed by atoms with van der Waals surface area (Å²) in [6, 6.07) is 3.07. The number of unbranched alkanes of at least 4 members (excludes halogenated alkanes) is 16. The molecule has 0 heterocycles. The van der Waals surface area contributed by atoms with Gasteiger partial charge in [0, 0.05) is 0 Å². The van der Waals surface area contributed by atoms with Crippen LogP contribution < -0.4 is 51.4 Å². The Bertz CT molecular complexity index is 1080. The number of ether oxygens (including phenoxy) is 2. The molecule has 1 aromatic rings. The Morgan fingerprint density at radius 2 is 0.978 bits per heavy atom. The van der Waals surface area contributed by atoms with Crippen molar-refractivity contribution < 1.29 is 83.4 Å². The van der Waals surface area contributed by atoms with Crippen LogP contribution in [0, 0.1) is 0 Å². The molecule has 45 heavy (non-hydrogen) atoms. The average Bonchev–Trinajstić information content (AvgIpc) is 3.00. The maximum Gasteiger partial charge on any atom is 1.00 e. The Hall–Kier alpha value is -0.814. The third-order valence-electron chi connectivity index (χ3n) is 7.50. The summed E-state index contributed by atoms with van der Waals surface area (Å²) in [5.74, 6) is -1.59. The van der Waals surface area contributed by atoms with E-state index in [4.69, 9.17) is 9.47 Å². The van der Waals surface area contributed by atoms with Crippen LogP contribution in [-0.4, -0.2) is 38.1 Å². The molecule has 0 saturated carbocycles. The van der Waals surface area contributed by atoms with E-state index in [0.29, 0.717) is 12.8 Å². The van der Waals surface area contributed by atoms with Crippen LogP contribution in [-0.2, 0) is 19.6 Å². The van der Waals surface area contributed by atoms with Crippen molar-refractivity contribution in [2.24, 2.45) is 0 Å². The first kappa shape index (κ1) is 44.2. The molecule has 0 aliphatic carbocycles. The van der Waals surface area contributed by atoms with Gasteiger partial charge in [0.1, 0.15) is 10.1 Å². The Balaban J connectivity index is 0.0000194. The number of hydrogen-bond donors (Lipinski definition) is 0. The first-order chi connectivity index (χ1) is 21.3. The fourth-order valence-electron chi connectivity index (χ4n) is 4.80. The van der Waals surface area contributed by atoms with Gasteiger partial charge in [-0.25, -0.2) is 18.0 Å². The monoisotopic (exact) mass is 672 g/mol. The Morgan fingerprint density at radius 3 is 1.38 bits per heavy atom. The molecule has 9 heteroatoms. The largest absolute Gasteiger partial charge is 1.00 e. The molecule has 0 unspecified atom stereocenters. The van der Waals surface area contributed by atoms with Gasteiger partial charge in [0.05, 0.1) is 29.2 Å². The van der Waals surface area contributed by atoms with Gasteiger partial charge in [-0.1, -0.05) is 89.5 Å². The number of carbonyl (C=O) groups excluding carboxylic acids is 2. The second-order valence-electron chi connectivity index (χ2n) is 11.5. The molecular weight excluding hydrogens is 616 g/mol. The summed E-state index contributed by atoms with van der Waals surface area (Å²) in [5, 5.41) is 0. The van der Waals surface area contributed by atoms with E-state index in [1.165, 1.54) is 64.2 Å². The average molecular weight is 673 g/mol. The molecule has 1 aromatic carbocycles. The SMILES string of the molecule is CCCCCCC/C=C/CCCCCOC(=O)c1ccc(S(=O)(=O)[O-])cc1C(=O)OCCCCC/C=C/CCCCCCC.[K+]. The fraction of sp³-hybridized carbons (Fsp3) is 0.667. The molecule has 7 nitrogen and oxygen atoms in total. The second kappa shape index (κ2) is 29.3. The van der Waals surface area contributed by atoms with E-state index in [2.05, 4.69) is 38.2 Å². The first-order valence-corrected chi connectivity index (χ1v) is 18.5. The maximum absolute atomic E-state index is 12.8. The van der Waals surface area contributed by atoms with Gasteiger partial charge in [-0.3, -0.25) is 0 Å². The zero-order valence-corrected chi connectivity index (χ0v) is 32.3. The molecule has 0 bridgehead atoms. The predicted octanol–water partition coefficient (Wildman–Crippen LogP) is 6.86. The molecule has 0 spiro atoms. The normalized spacial score (nSPS) is 11.6. The molecule has 0 aliphatic rings. The molecule has 0 amide bonds. The van der Waals surface area contributed by atoms with Gasteiger partial charge in [-0.15, -0.1) is 0 Å². The van der Waals surface area contributed by atoms with Crippen molar-refractivity contribution in [2.45, 2.75) is 147 Å². The van der Waals surface area contributed by atoms with Crippen LogP contribution in [0.25, 0.3) is 0 Å². The van der Waals surface area contributed by atoms with Gasteiger partial charge in [0.15, 0.2) is 0 Å². The number of hydrogen-bond acceptors (Lipinski definition) is 7. The molecule has 250 valence electrons. The van der Waals surface area contributed by atoms with Crippen LogP contribution in [0.5, 0.6) is 0 Å². The predicted molar refractivity (Wildman–Crippen MR) is 177 cm³/mol. The van der Waals surface area contributed by atoms with Crippen LogP contribution in [0.4, 0.5) is 0 Å². The Kier molecular flexibility index (Phi) is 28.8. The molecule has 0 N–H and O–H groups in total. The molecule has 0 fully saturated rings. The molecule has 1 rings (SSSR count). The summed E-state index contributed by atoms with van der Waals surface area (Å²) in [6.45, 7) is 4.75. The van der Waals surface area contributed by atoms with Crippen molar-refractivity contribution in [3.63, 3.8) is 0 Å². The van der Waals surface area contributed by atoms with Gasteiger partial charge in [0.2, 0.25) is 0 Å². The minimum absolute atomic E-state index is 0. The zero-order chi connectivity index (χ0) is 32.3. The zero-order valence-electron chi connectivity index (χ0n) is 28.4. The molecule has 0 radical (unpaired) electrons. The van der Waals surface area contributed by atoms with E-state index < -0.39 is 27.0 Å². The smallest absolute Gasteiger partial charge is 0.744 e. The third-order valence-corrected chi connectivity index (χ3v) is 8.33. The van der Waals surface area contributed by atoms with Crippen molar-refractivity contribution >= 4 is 22.1 Å². The topological polar surface area (TPSA) is 110 Å². The summed E-state index contributed by atoms with van der Waals surface area (Å²) in [6.07, 6.45) is 30.9. The van der Waals surface area contributed by atoms with E-state index in [1.54, 1.807) is 0 Å². The molecule has 0 atom stereocenters. The standard InChI is InChI=1S/C36H58O7S.K/c1-3-5-7-9-11-13-15-17-19-21-23-25-29-42-35(37)33-28-27-32(44(39,40)41)31-34(33)36(38)43-30-26-24-22-20-18-16-14-12-10-8-6-4-2;/h15-18,27-28,31H,3-14,19-26,29-30H2,1-2H3,(H,39,40,41);/q;+1/p-1/b17-15+,18-16+;. The number of allylic oxidation sites excluding steroid dienone is 4. The third kappa shape index (κ3) is 23.2. The number of rotatable bonds is 27. The number of esters is 2. The molecule has 0 saturated heterocycles. The molecule has 0 aromatic heterocycles. The van der Waals surface area contributed by atoms with Crippen molar-refractivity contribution in [1.29, 1.82) is 0 Å². The quantitative estimate of drug-likeness (QED) is 0.0330. The second-order valence-corrected chi connectivity index (χ2v) is 12.9. The van der Waals surface area contributed by atoms with Gasteiger partial charge in [0.25, 0.3) is 0 Å². The first-order valence-electron chi connectivity index (χ1n) is 17.0. The molecular formula is C36H57KO7S. The van der Waals surface area contributed by atoms with Crippen LogP contribution in [0.2, 0.25) is 0 Å². The van der Waals surface area contributed by atoms with E-state index in [1.807, 2.05) is 0 Å². The summed E-state index contributed by atoms with van der Waals surface area (Å²) < 4.78 is 45.3. The van der Waals surface area contributed by atoms with Gasteiger partial charge >= 0.3 is 63.3 Å². The number of carbonyl (C=O) groups is 2. The van der Waals surface area contributed by atoms with Gasteiger partial charge in [-0.05, 0) is 95.2 Å².